The first-order valence-electron chi connectivity index (χ1n) is 6.32. The summed E-state index contributed by atoms with van der Waals surface area (Å²) in [5.74, 6) is -1.11. The topological polar surface area (TPSA) is 83.7 Å². The molecule has 2 rings (SSSR count). The molecule has 0 bridgehead atoms. The molecule has 1 heterocycles. The molecule has 0 atom stereocenters. The number of hydrazone groups is 1. The van der Waals surface area contributed by atoms with Crippen LogP contribution in [-0.2, 0) is 9.59 Å². The van der Waals surface area contributed by atoms with Crippen LogP contribution in [0, 0.1) is 6.92 Å². The lowest BCUT2D eigenvalue weighted by molar-refractivity contribution is -0.136. The van der Waals surface area contributed by atoms with Crippen molar-refractivity contribution in [1.29, 1.82) is 0 Å². The van der Waals surface area contributed by atoms with Crippen molar-refractivity contribution in [3.8, 4) is 0 Å². The number of carbonyl (C=O) groups excluding carboxylic acids is 2. The Bertz CT molecular complexity index is 658. The first kappa shape index (κ1) is 14.5. The van der Waals surface area contributed by atoms with Crippen LogP contribution in [0.25, 0.3) is 0 Å². The Balaban J connectivity index is 1.92. The molecule has 2 N–H and O–H groups in total. The summed E-state index contributed by atoms with van der Waals surface area (Å²) >= 11 is 0. The van der Waals surface area contributed by atoms with E-state index in [9.17, 15) is 9.59 Å². The maximum absolute atomic E-state index is 11.7. The molecule has 0 aliphatic heterocycles. The van der Waals surface area contributed by atoms with E-state index in [-0.39, 0.29) is 0 Å². The molecule has 0 saturated carbocycles. The summed E-state index contributed by atoms with van der Waals surface area (Å²) < 4.78 is 5.11. The molecule has 0 aliphatic carbocycles. The fourth-order valence-electron chi connectivity index (χ4n) is 1.55. The van der Waals surface area contributed by atoms with Gasteiger partial charge in [0.05, 0.1) is 6.26 Å². The van der Waals surface area contributed by atoms with Crippen molar-refractivity contribution >= 4 is 23.2 Å². The Morgan fingerprint density at radius 2 is 1.81 bits per heavy atom. The Labute approximate surface area is 121 Å². The second kappa shape index (κ2) is 6.51. The van der Waals surface area contributed by atoms with E-state index in [1.807, 2.05) is 19.1 Å². The Morgan fingerprint density at radius 3 is 2.43 bits per heavy atom. The molecule has 0 radical (unpaired) electrons. The average Bonchev–Trinajstić information content (AvgIpc) is 3.01. The number of nitrogens with zero attached hydrogens (tertiary/aromatic N) is 1. The first-order valence-corrected chi connectivity index (χ1v) is 6.32. The summed E-state index contributed by atoms with van der Waals surface area (Å²) in [7, 11) is 0. The molecule has 2 aromatic rings. The highest BCUT2D eigenvalue weighted by Gasteiger charge is 2.13. The molecular formula is C15H15N3O3. The van der Waals surface area contributed by atoms with Gasteiger partial charge in [0, 0.05) is 5.69 Å². The maximum atomic E-state index is 11.7. The van der Waals surface area contributed by atoms with Gasteiger partial charge in [-0.1, -0.05) is 17.7 Å². The Morgan fingerprint density at radius 1 is 1.10 bits per heavy atom. The van der Waals surface area contributed by atoms with Crippen LogP contribution in [0.1, 0.15) is 18.2 Å². The summed E-state index contributed by atoms with van der Waals surface area (Å²) in [6, 6.07) is 10.5. The number of amides is 2. The summed E-state index contributed by atoms with van der Waals surface area (Å²) in [4.78, 5) is 23.3. The van der Waals surface area contributed by atoms with E-state index in [0.717, 1.165) is 5.56 Å². The lowest BCUT2D eigenvalue weighted by Crippen LogP contribution is -2.32. The van der Waals surface area contributed by atoms with Crippen LogP contribution in [-0.4, -0.2) is 17.5 Å². The lowest BCUT2D eigenvalue weighted by atomic mass is 10.2. The second-order valence-electron chi connectivity index (χ2n) is 4.44. The molecule has 21 heavy (non-hydrogen) atoms. The van der Waals surface area contributed by atoms with E-state index in [4.69, 9.17) is 4.42 Å². The SMILES string of the molecule is C/C(=N/NC(=O)C(=O)Nc1ccc(C)cc1)c1ccco1. The summed E-state index contributed by atoms with van der Waals surface area (Å²) in [6.07, 6.45) is 1.50. The molecule has 108 valence electrons. The van der Waals surface area contributed by atoms with Crippen molar-refractivity contribution in [3.05, 3.63) is 54.0 Å². The third-order valence-electron chi connectivity index (χ3n) is 2.72. The largest absolute Gasteiger partial charge is 0.463 e. The van der Waals surface area contributed by atoms with Crippen LogP contribution < -0.4 is 10.7 Å². The lowest BCUT2D eigenvalue weighted by Gasteiger charge is -2.04. The number of nitrogens with one attached hydrogen (secondary N) is 2. The third kappa shape index (κ3) is 4.04. The van der Waals surface area contributed by atoms with Crippen LogP contribution in [0.2, 0.25) is 0 Å². The van der Waals surface area contributed by atoms with Gasteiger partial charge >= 0.3 is 11.8 Å². The molecule has 0 fully saturated rings. The molecule has 0 aliphatic rings. The highest BCUT2D eigenvalue weighted by molar-refractivity contribution is 6.39. The normalized spacial score (nSPS) is 11.0. The van der Waals surface area contributed by atoms with E-state index < -0.39 is 11.8 Å². The number of carbonyl (C=O) groups is 2. The molecule has 2 amide bonds. The minimum Gasteiger partial charge on any atom is -0.463 e. The number of hydrogen-bond donors (Lipinski definition) is 2. The average molecular weight is 285 g/mol. The van der Waals surface area contributed by atoms with E-state index in [2.05, 4.69) is 15.8 Å². The molecule has 0 unspecified atom stereocenters. The van der Waals surface area contributed by atoms with Crippen molar-refractivity contribution in [3.63, 3.8) is 0 Å². The Hall–Kier alpha value is -2.89. The number of furan rings is 1. The predicted octanol–water partition coefficient (Wildman–Crippen LogP) is 2.07. The van der Waals surface area contributed by atoms with Crippen LogP contribution in [0.15, 0.2) is 52.2 Å². The van der Waals surface area contributed by atoms with Gasteiger partial charge in [0.1, 0.15) is 11.5 Å². The molecule has 6 nitrogen and oxygen atoms in total. The van der Waals surface area contributed by atoms with Gasteiger partial charge in [0.2, 0.25) is 0 Å². The number of rotatable bonds is 3. The van der Waals surface area contributed by atoms with Crippen molar-refractivity contribution in [2.45, 2.75) is 13.8 Å². The van der Waals surface area contributed by atoms with E-state index in [0.29, 0.717) is 17.2 Å². The van der Waals surface area contributed by atoms with Crippen molar-refractivity contribution in [1.82, 2.24) is 5.43 Å². The Kier molecular flexibility index (Phi) is 4.50. The van der Waals surface area contributed by atoms with Gasteiger partial charge in [-0.05, 0) is 38.1 Å². The summed E-state index contributed by atoms with van der Waals surface area (Å²) in [5, 5.41) is 6.29. The zero-order chi connectivity index (χ0) is 15.2. The zero-order valence-corrected chi connectivity index (χ0v) is 11.7. The van der Waals surface area contributed by atoms with Gasteiger partial charge in [-0.3, -0.25) is 9.59 Å². The van der Waals surface area contributed by atoms with Gasteiger partial charge in [-0.15, -0.1) is 0 Å². The smallest absolute Gasteiger partial charge is 0.329 e. The van der Waals surface area contributed by atoms with E-state index in [1.54, 1.807) is 31.2 Å². The van der Waals surface area contributed by atoms with Crippen molar-refractivity contribution < 1.29 is 14.0 Å². The van der Waals surface area contributed by atoms with Crippen LogP contribution >= 0.6 is 0 Å². The van der Waals surface area contributed by atoms with Gasteiger partial charge in [0.15, 0.2) is 0 Å². The predicted molar refractivity (Wildman–Crippen MR) is 78.9 cm³/mol. The standard InChI is InChI=1S/C15H15N3O3/c1-10-5-7-12(8-6-10)16-14(19)15(20)18-17-11(2)13-4-3-9-21-13/h3-9H,1-2H3,(H,16,19)(H,18,20)/b17-11-. The van der Waals surface area contributed by atoms with Gasteiger partial charge < -0.3 is 9.73 Å². The molecular weight excluding hydrogens is 270 g/mol. The minimum absolute atomic E-state index is 0.469. The monoisotopic (exact) mass is 285 g/mol. The van der Waals surface area contributed by atoms with Crippen LogP contribution in [0.4, 0.5) is 5.69 Å². The number of anilines is 1. The molecule has 1 aromatic carbocycles. The highest BCUT2D eigenvalue weighted by Crippen LogP contribution is 2.08. The van der Waals surface area contributed by atoms with E-state index in [1.165, 1.54) is 6.26 Å². The first-order chi connectivity index (χ1) is 10.1. The molecule has 1 aromatic heterocycles. The molecule has 6 heteroatoms. The van der Waals surface area contributed by atoms with Crippen molar-refractivity contribution in [2.75, 3.05) is 5.32 Å². The summed E-state index contributed by atoms with van der Waals surface area (Å²) in [6.45, 7) is 3.60. The maximum Gasteiger partial charge on any atom is 0.329 e. The third-order valence-corrected chi connectivity index (χ3v) is 2.72. The summed E-state index contributed by atoms with van der Waals surface area (Å²) in [5.41, 5.74) is 4.26. The fraction of sp³-hybridized carbons (Fsp3) is 0.133. The van der Waals surface area contributed by atoms with Crippen LogP contribution in [0.5, 0.6) is 0 Å². The quantitative estimate of drug-likeness (QED) is 0.514. The van der Waals surface area contributed by atoms with E-state index >= 15 is 0 Å². The number of benzene rings is 1. The number of aryl methyl sites for hydroxylation is 1. The second-order valence-corrected chi connectivity index (χ2v) is 4.44. The fourth-order valence-corrected chi connectivity index (χ4v) is 1.55. The number of hydrogen-bond acceptors (Lipinski definition) is 4. The van der Waals surface area contributed by atoms with Gasteiger partial charge in [-0.2, -0.15) is 5.10 Å². The highest BCUT2D eigenvalue weighted by atomic mass is 16.3. The molecule has 0 spiro atoms. The van der Waals surface area contributed by atoms with Crippen LogP contribution in [0.3, 0.4) is 0 Å². The van der Waals surface area contributed by atoms with Gasteiger partial charge in [0.25, 0.3) is 0 Å². The zero-order valence-electron chi connectivity index (χ0n) is 11.7. The van der Waals surface area contributed by atoms with Crippen molar-refractivity contribution in [2.24, 2.45) is 5.10 Å². The van der Waals surface area contributed by atoms with Gasteiger partial charge in [-0.25, -0.2) is 5.43 Å². The molecule has 0 saturated heterocycles. The minimum atomic E-state index is -0.846.